The Balaban J connectivity index is 1.45. The van der Waals surface area contributed by atoms with E-state index in [-0.39, 0.29) is 10.9 Å². The zero-order chi connectivity index (χ0) is 20.4. The third-order valence-electron chi connectivity index (χ3n) is 5.14. The van der Waals surface area contributed by atoms with Gasteiger partial charge in [0.15, 0.2) is 0 Å². The second-order valence-corrected chi connectivity index (χ2v) is 8.76. The summed E-state index contributed by atoms with van der Waals surface area (Å²) in [5.41, 5.74) is 2.85. The number of carbonyl (C=O) groups is 1. The lowest BCUT2D eigenvalue weighted by Gasteiger charge is -2.19. The Bertz CT molecular complexity index is 1150. The molecule has 3 aromatic rings. The molecule has 1 fully saturated rings. The number of amides is 1. The predicted octanol–water partition coefficient (Wildman–Crippen LogP) is 2.52. The first kappa shape index (κ1) is 19.4. The number of anilines is 1. The molecule has 0 bridgehead atoms. The molecule has 1 aliphatic heterocycles. The van der Waals surface area contributed by atoms with E-state index in [1.165, 1.54) is 0 Å². The number of carbonyl (C=O) groups excluding carboxylic acids is 1. The van der Waals surface area contributed by atoms with Gasteiger partial charge in [0, 0.05) is 30.4 Å². The summed E-state index contributed by atoms with van der Waals surface area (Å²) in [5.74, 6) is -0.570. The zero-order valence-electron chi connectivity index (χ0n) is 15.6. The van der Waals surface area contributed by atoms with Crippen molar-refractivity contribution in [2.24, 2.45) is 0 Å². The second-order valence-electron chi connectivity index (χ2n) is 7.05. The van der Waals surface area contributed by atoms with Gasteiger partial charge in [-0.2, -0.15) is 0 Å². The molecule has 0 aliphatic carbocycles. The Hall–Kier alpha value is -2.94. The monoisotopic (exact) mass is 411 g/mol. The van der Waals surface area contributed by atoms with Gasteiger partial charge in [-0.05, 0) is 53.6 Å². The van der Waals surface area contributed by atoms with E-state index in [2.05, 4.69) is 9.62 Å². The number of fused-ring (bicyclic) bond motifs is 1. The van der Waals surface area contributed by atoms with Crippen LogP contribution < -0.4 is 15.1 Å². The van der Waals surface area contributed by atoms with E-state index in [0.717, 1.165) is 16.5 Å². The fraction of sp³-hybridized carbons (Fsp3) is 0.190. The normalized spacial score (nSPS) is 16.9. The smallest absolute Gasteiger partial charge is 0.274 e. The molecule has 1 unspecified atom stereocenters. The van der Waals surface area contributed by atoms with Crippen LogP contribution in [-0.4, -0.2) is 38.7 Å². The first-order valence-corrected chi connectivity index (χ1v) is 10.8. The Morgan fingerprint density at radius 2 is 1.72 bits per heavy atom. The van der Waals surface area contributed by atoms with Gasteiger partial charge in [0.05, 0.1) is 4.90 Å². The van der Waals surface area contributed by atoms with Crippen LogP contribution >= 0.6 is 0 Å². The highest BCUT2D eigenvalue weighted by Gasteiger charge is 2.27. The fourth-order valence-corrected chi connectivity index (χ4v) is 4.90. The van der Waals surface area contributed by atoms with Crippen LogP contribution in [0.4, 0.5) is 5.69 Å². The van der Waals surface area contributed by atoms with Crippen molar-refractivity contribution < 1.29 is 18.4 Å². The Kier molecular flexibility index (Phi) is 5.23. The third-order valence-corrected chi connectivity index (χ3v) is 6.66. The van der Waals surface area contributed by atoms with Crippen LogP contribution in [-0.2, 0) is 10.0 Å². The van der Waals surface area contributed by atoms with E-state index in [1.807, 2.05) is 30.3 Å². The van der Waals surface area contributed by atoms with E-state index in [1.54, 1.807) is 41.9 Å². The number of sulfonamides is 1. The minimum Gasteiger partial charge on any atom is -0.370 e. The Morgan fingerprint density at radius 3 is 2.45 bits per heavy atom. The molecule has 29 heavy (non-hydrogen) atoms. The maximum Gasteiger partial charge on any atom is 0.274 e. The van der Waals surface area contributed by atoms with Gasteiger partial charge in [0.1, 0.15) is 0 Å². The SMILES string of the molecule is O=C(NO)c1ccc(N2CCC(NS(=O)(=O)c3ccc4ccccc4c3)C2)cc1. The number of benzene rings is 3. The number of nitrogens with zero attached hydrogens (tertiary/aromatic N) is 1. The Morgan fingerprint density at radius 1 is 1.00 bits per heavy atom. The van der Waals surface area contributed by atoms with E-state index in [0.29, 0.717) is 25.1 Å². The van der Waals surface area contributed by atoms with Crippen molar-refractivity contribution in [3.05, 3.63) is 72.3 Å². The van der Waals surface area contributed by atoms with Gasteiger partial charge in [0.25, 0.3) is 5.91 Å². The number of rotatable bonds is 5. The third kappa shape index (κ3) is 4.09. The van der Waals surface area contributed by atoms with Crippen LogP contribution in [0, 0.1) is 0 Å². The lowest BCUT2D eigenvalue weighted by Crippen LogP contribution is -2.37. The minimum atomic E-state index is -3.62. The molecule has 1 aliphatic rings. The highest BCUT2D eigenvalue weighted by atomic mass is 32.2. The second kappa shape index (κ2) is 7.82. The average Bonchev–Trinajstić information content (AvgIpc) is 3.20. The highest BCUT2D eigenvalue weighted by molar-refractivity contribution is 7.89. The number of hydrogen-bond donors (Lipinski definition) is 3. The van der Waals surface area contributed by atoms with Crippen LogP contribution in [0.1, 0.15) is 16.8 Å². The van der Waals surface area contributed by atoms with Gasteiger partial charge in [-0.1, -0.05) is 30.3 Å². The molecule has 1 atom stereocenters. The molecule has 150 valence electrons. The summed E-state index contributed by atoms with van der Waals surface area (Å²) >= 11 is 0. The van der Waals surface area contributed by atoms with E-state index < -0.39 is 15.9 Å². The largest absolute Gasteiger partial charge is 0.370 e. The molecule has 0 aromatic heterocycles. The molecule has 3 aromatic carbocycles. The summed E-state index contributed by atoms with van der Waals surface area (Å²) in [6, 6.07) is 19.4. The molecular formula is C21H21N3O4S. The van der Waals surface area contributed by atoms with Gasteiger partial charge in [0.2, 0.25) is 10.0 Å². The van der Waals surface area contributed by atoms with Crippen LogP contribution in [0.5, 0.6) is 0 Å². The van der Waals surface area contributed by atoms with E-state index in [4.69, 9.17) is 5.21 Å². The van der Waals surface area contributed by atoms with Crippen molar-refractivity contribution in [1.82, 2.24) is 10.2 Å². The number of hydroxylamine groups is 1. The number of hydrogen-bond acceptors (Lipinski definition) is 5. The maximum atomic E-state index is 12.8. The quantitative estimate of drug-likeness (QED) is 0.443. The van der Waals surface area contributed by atoms with Gasteiger partial charge in [-0.3, -0.25) is 10.0 Å². The molecule has 1 saturated heterocycles. The molecule has 8 heteroatoms. The number of nitrogens with one attached hydrogen (secondary N) is 2. The van der Waals surface area contributed by atoms with E-state index >= 15 is 0 Å². The van der Waals surface area contributed by atoms with E-state index in [9.17, 15) is 13.2 Å². The van der Waals surface area contributed by atoms with Gasteiger partial charge in [-0.25, -0.2) is 18.6 Å². The van der Waals surface area contributed by atoms with Crippen LogP contribution in [0.25, 0.3) is 10.8 Å². The molecule has 0 saturated carbocycles. The van der Waals surface area contributed by atoms with Gasteiger partial charge >= 0.3 is 0 Å². The maximum absolute atomic E-state index is 12.8. The molecule has 3 N–H and O–H groups in total. The van der Waals surface area contributed by atoms with Crippen molar-refractivity contribution in [3.63, 3.8) is 0 Å². The highest BCUT2D eigenvalue weighted by Crippen LogP contribution is 2.23. The van der Waals surface area contributed by atoms with Crippen molar-refractivity contribution in [2.75, 3.05) is 18.0 Å². The first-order chi connectivity index (χ1) is 14.0. The summed E-state index contributed by atoms with van der Waals surface area (Å²) in [6.45, 7) is 1.24. The summed E-state index contributed by atoms with van der Waals surface area (Å²) in [4.78, 5) is 13.7. The van der Waals surface area contributed by atoms with Gasteiger partial charge < -0.3 is 4.90 Å². The molecule has 4 rings (SSSR count). The summed E-state index contributed by atoms with van der Waals surface area (Å²) in [5, 5.41) is 10.6. The average molecular weight is 411 g/mol. The van der Waals surface area contributed by atoms with Crippen molar-refractivity contribution in [2.45, 2.75) is 17.4 Å². The summed E-state index contributed by atoms with van der Waals surface area (Å²) in [7, 11) is -3.62. The van der Waals surface area contributed by atoms with Crippen molar-refractivity contribution in [1.29, 1.82) is 0 Å². The standard InChI is InChI=1S/C21H21N3O4S/c25-21(22-26)16-5-8-19(9-6-16)24-12-11-18(14-24)23-29(27,28)20-10-7-15-3-1-2-4-17(15)13-20/h1-10,13,18,23,26H,11-12,14H2,(H,22,25). The summed E-state index contributed by atoms with van der Waals surface area (Å²) < 4.78 is 28.5. The summed E-state index contributed by atoms with van der Waals surface area (Å²) in [6.07, 6.45) is 0.686. The molecular weight excluding hydrogens is 390 g/mol. The molecule has 7 nitrogen and oxygen atoms in total. The predicted molar refractivity (Wildman–Crippen MR) is 111 cm³/mol. The van der Waals surface area contributed by atoms with Gasteiger partial charge in [-0.15, -0.1) is 0 Å². The zero-order valence-corrected chi connectivity index (χ0v) is 16.4. The molecule has 1 amide bonds. The molecule has 1 heterocycles. The topological polar surface area (TPSA) is 98.7 Å². The molecule has 0 spiro atoms. The van der Waals surface area contributed by atoms with Crippen molar-refractivity contribution in [3.8, 4) is 0 Å². The van der Waals surface area contributed by atoms with Crippen LogP contribution in [0.15, 0.2) is 71.6 Å². The fourth-order valence-electron chi connectivity index (χ4n) is 3.60. The first-order valence-electron chi connectivity index (χ1n) is 9.27. The van der Waals surface area contributed by atoms with Crippen LogP contribution in [0.3, 0.4) is 0 Å². The minimum absolute atomic E-state index is 0.202. The van der Waals surface area contributed by atoms with Crippen molar-refractivity contribution >= 4 is 32.4 Å². The molecule has 0 radical (unpaired) electrons. The van der Waals surface area contributed by atoms with Crippen LogP contribution in [0.2, 0.25) is 0 Å². The Labute approximate surface area is 169 Å². The lowest BCUT2D eigenvalue weighted by atomic mass is 10.1. The lowest BCUT2D eigenvalue weighted by molar-refractivity contribution is 0.0706.